The van der Waals surface area contributed by atoms with Crippen LogP contribution in [0.2, 0.25) is 5.02 Å². The number of aromatic nitrogens is 1. The van der Waals surface area contributed by atoms with Gasteiger partial charge in [0.2, 0.25) is 0 Å². The van der Waals surface area contributed by atoms with Crippen molar-refractivity contribution in [3.63, 3.8) is 0 Å². The van der Waals surface area contributed by atoms with Crippen molar-refractivity contribution < 1.29 is 9.26 Å². The summed E-state index contributed by atoms with van der Waals surface area (Å²) in [5, 5.41) is 4.29. The van der Waals surface area contributed by atoms with Gasteiger partial charge in [0.15, 0.2) is 11.6 Å². The first kappa shape index (κ1) is 10.8. The number of nitrogens with two attached hydrogens (primary N) is 1. The summed E-state index contributed by atoms with van der Waals surface area (Å²) in [5.74, 6) is 1.56. The Bertz CT molecular complexity index is 523. The van der Waals surface area contributed by atoms with Gasteiger partial charge in [-0.1, -0.05) is 16.8 Å². The summed E-state index contributed by atoms with van der Waals surface area (Å²) >= 11 is 6.05. The van der Waals surface area contributed by atoms with Crippen LogP contribution >= 0.6 is 11.6 Å². The average Bonchev–Trinajstić information content (AvgIpc) is 2.68. The molecule has 0 saturated carbocycles. The van der Waals surface area contributed by atoms with Crippen LogP contribution in [0.15, 0.2) is 22.7 Å². The summed E-state index contributed by atoms with van der Waals surface area (Å²) in [6.07, 6.45) is 0. The number of methoxy groups -OCH3 is 1. The fourth-order valence-electron chi connectivity index (χ4n) is 1.54. The van der Waals surface area contributed by atoms with Crippen molar-refractivity contribution in [1.29, 1.82) is 0 Å². The number of benzene rings is 1. The fourth-order valence-corrected chi connectivity index (χ4v) is 1.70. The van der Waals surface area contributed by atoms with Crippen LogP contribution in [0.4, 0.5) is 5.82 Å². The van der Waals surface area contributed by atoms with Crippen molar-refractivity contribution in [3.8, 4) is 17.1 Å². The third-order valence-electron chi connectivity index (χ3n) is 2.36. The molecule has 0 aliphatic rings. The van der Waals surface area contributed by atoms with Gasteiger partial charge in [0.1, 0.15) is 5.75 Å². The third kappa shape index (κ3) is 1.72. The first-order chi connectivity index (χ1) is 7.63. The molecule has 0 bridgehead atoms. The van der Waals surface area contributed by atoms with Crippen LogP contribution in [0.3, 0.4) is 0 Å². The third-order valence-corrected chi connectivity index (χ3v) is 2.76. The Morgan fingerprint density at radius 1 is 1.44 bits per heavy atom. The maximum absolute atomic E-state index is 6.05. The lowest BCUT2D eigenvalue weighted by Crippen LogP contribution is -1.91. The number of nitrogen functional groups attached to an aromatic ring is 1. The second-order valence-electron chi connectivity index (χ2n) is 3.37. The lowest BCUT2D eigenvalue weighted by atomic mass is 10.1. The molecule has 0 saturated heterocycles. The van der Waals surface area contributed by atoms with E-state index in [1.165, 1.54) is 0 Å². The van der Waals surface area contributed by atoms with Crippen LogP contribution in [-0.4, -0.2) is 12.3 Å². The minimum atomic E-state index is 0.330. The molecule has 1 aromatic carbocycles. The normalized spacial score (nSPS) is 10.4. The molecule has 1 aromatic heterocycles. The first-order valence-corrected chi connectivity index (χ1v) is 5.07. The molecule has 2 aromatic rings. The van der Waals surface area contributed by atoms with Crippen molar-refractivity contribution in [2.75, 3.05) is 12.8 Å². The molecule has 16 heavy (non-hydrogen) atoms. The Morgan fingerprint density at radius 3 is 2.75 bits per heavy atom. The highest BCUT2D eigenvalue weighted by Gasteiger charge is 2.15. The predicted molar refractivity (Wildman–Crippen MR) is 62.7 cm³/mol. The van der Waals surface area contributed by atoms with Crippen molar-refractivity contribution in [3.05, 3.63) is 28.8 Å². The minimum Gasteiger partial charge on any atom is -0.496 e. The summed E-state index contributed by atoms with van der Waals surface area (Å²) < 4.78 is 10.4. The Balaban J connectivity index is 2.66. The number of rotatable bonds is 2. The maximum atomic E-state index is 6.05. The molecule has 0 fully saturated rings. The lowest BCUT2D eigenvalue weighted by molar-refractivity contribution is 0.406. The van der Waals surface area contributed by atoms with Crippen LogP contribution in [-0.2, 0) is 0 Å². The van der Waals surface area contributed by atoms with E-state index in [4.69, 9.17) is 26.6 Å². The number of nitrogens with zero attached hydrogens (tertiary/aromatic N) is 1. The van der Waals surface area contributed by atoms with E-state index in [0.717, 1.165) is 11.1 Å². The fraction of sp³-hybridized carbons (Fsp3) is 0.182. The second kappa shape index (κ2) is 4.06. The molecule has 4 nitrogen and oxygen atoms in total. The number of halogens is 1. The highest BCUT2D eigenvalue weighted by atomic mass is 35.5. The van der Waals surface area contributed by atoms with Crippen molar-refractivity contribution >= 4 is 17.4 Å². The molecule has 1 heterocycles. The van der Waals surface area contributed by atoms with Gasteiger partial charge in [-0.15, -0.1) is 0 Å². The SMILES string of the molecule is COc1ccc(Cl)c(C)c1-c1cc(N)no1. The molecule has 0 atom stereocenters. The summed E-state index contributed by atoms with van der Waals surface area (Å²) in [7, 11) is 1.59. The van der Waals surface area contributed by atoms with Crippen molar-refractivity contribution in [1.82, 2.24) is 5.16 Å². The molecule has 0 aliphatic carbocycles. The van der Waals surface area contributed by atoms with Gasteiger partial charge in [-0.2, -0.15) is 0 Å². The Kier molecular flexibility index (Phi) is 2.75. The molecule has 0 unspecified atom stereocenters. The molecule has 5 heteroatoms. The zero-order chi connectivity index (χ0) is 11.7. The smallest absolute Gasteiger partial charge is 0.173 e. The van der Waals surface area contributed by atoms with E-state index in [1.807, 2.05) is 6.92 Å². The van der Waals surface area contributed by atoms with E-state index < -0.39 is 0 Å². The van der Waals surface area contributed by atoms with Gasteiger partial charge < -0.3 is 15.0 Å². The molecule has 0 aliphatic heterocycles. The van der Waals surface area contributed by atoms with Gasteiger partial charge in [0, 0.05) is 11.1 Å². The second-order valence-corrected chi connectivity index (χ2v) is 3.77. The number of hydrogen-bond acceptors (Lipinski definition) is 4. The van der Waals surface area contributed by atoms with E-state index in [0.29, 0.717) is 22.4 Å². The molecule has 2 rings (SSSR count). The molecule has 84 valence electrons. The standard InChI is InChI=1S/C11H11ClN2O2/c1-6-7(12)3-4-8(15-2)11(6)9-5-10(13)14-16-9/h3-5H,1-2H3,(H2,13,14). The van der Waals surface area contributed by atoms with Crippen LogP contribution < -0.4 is 10.5 Å². The van der Waals surface area contributed by atoms with E-state index >= 15 is 0 Å². The molecule has 0 spiro atoms. The van der Waals surface area contributed by atoms with Gasteiger partial charge in [0.25, 0.3) is 0 Å². The van der Waals surface area contributed by atoms with Crippen molar-refractivity contribution in [2.45, 2.75) is 6.92 Å². The molecule has 0 radical (unpaired) electrons. The molecule has 0 amide bonds. The summed E-state index contributed by atoms with van der Waals surface area (Å²) in [5.41, 5.74) is 7.17. The summed E-state index contributed by atoms with van der Waals surface area (Å²) in [6, 6.07) is 5.20. The van der Waals surface area contributed by atoms with Crippen LogP contribution in [0.25, 0.3) is 11.3 Å². The quantitative estimate of drug-likeness (QED) is 0.874. The van der Waals surface area contributed by atoms with Crippen LogP contribution in [0, 0.1) is 6.92 Å². The minimum absolute atomic E-state index is 0.330. The average molecular weight is 239 g/mol. The van der Waals surface area contributed by atoms with E-state index in [1.54, 1.807) is 25.3 Å². The van der Waals surface area contributed by atoms with Crippen LogP contribution in [0.5, 0.6) is 5.75 Å². The van der Waals surface area contributed by atoms with E-state index in [9.17, 15) is 0 Å². The zero-order valence-electron chi connectivity index (χ0n) is 8.95. The monoisotopic (exact) mass is 238 g/mol. The maximum Gasteiger partial charge on any atom is 0.173 e. The number of ether oxygens (including phenoxy) is 1. The van der Waals surface area contributed by atoms with Gasteiger partial charge in [0.05, 0.1) is 12.7 Å². The van der Waals surface area contributed by atoms with Gasteiger partial charge >= 0.3 is 0 Å². The Hall–Kier alpha value is -1.68. The lowest BCUT2D eigenvalue weighted by Gasteiger charge is -2.09. The van der Waals surface area contributed by atoms with Crippen molar-refractivity contribution in [2.24, 2.45) is 0 Å². The van der Waals surface area contributed by atoms with Gasteiger partial charge in [-0.3, -0.25) is 0 Å². The highest BCUT2D eigenvalue weighted by Crippen LogP contribution is 2.37. The predicted octanol–water partition coefficient (Wildman–Crippen LogP) is 2.89. The van der Waals surface area contributed by atoms with Crippen LogP contribution in [0.1, 0.15) is 5.56 Å². The van der Waals surface area contributed by atoms with E-state index in [2.05, 4.69) is 5.16 Å². The van der Waals surface area contributed by atoms with Gasteiger partial charge in [-0.25, -0.2) is 0 Å². The number of hydrogen-bond donors (Lipinski definition) is 1. The molecular formula is C11H11ClN2O2. The Labute approximate surface area is 97.9 Å². The van der Waals surface area contributed by atoms with E-state index in [-0.39, 0.29) is 0 Å². The molecular weight excluding hydrogens is 228 g/mol. The zero-order valence-corrected chi connectivity index (χ0v) is 9.71. The summed E-state index contributed by atoms with van der Waals surface area (Å²) in [4.78, 5) is 0. The number of anilines is 1. The highest BCUT2D eigenvalue weighted by molar-refractivity contribution is 6.31. The largest absolute Gasteiger partial charge is 0.496 e. The molecule has 2 N–H and O–H groups in total. The van der Waals surface area contributed by atoms with Gasteiger partial charge in [-0.05, 0) is 24.6 Å². The topological polar surface area (TPSA) is 61.3 Å². The summed E-state index contributed by atoms with van der Waals surface area (Å²) in [6.45, 7) is 1.89. The Morgan fingerprint density at radius 2 is 2.19 bits per heavy atom. The first-order valence-electron chi connectivity index (χ1n) is 4.69.